The average Bonchev–Trinajstić information content (AvgIpc) is 2.16. The second kappa shape index (κ2) is 4.41. The monoisotopic (exact) mass is 266 g/mol. The normalized spacial score (nSPS) is 10.6. The molecule has 1 aromatic heterocycles. The number of hydrogen-bond acceptors (Lipinski definition) is 3. The molecular weight excluding hydrogens is 262 g/mol. The Morgan fingerprint density at radius 3 is 2.71 bits per heavy atom. The molecule has 0 saturated carbocycles. The third kappa shape index (κ3) is 2.03. The van der Waals surface area contributed by atoms with E-state index in [-0.39, 0.29) is 11.0 Å². The lowest BCUT2D eigenvalue weighted by Crippen LogP contribution is -2.01. The predicted octanol–water partition coefficient (Wildman–Crippen LogP) is 2.82. The molecule has 0 aromatic carbocycles. The second-order valence-electron chi connectivity index (χ2n) is 2.39. The van der Waals surface area contributed by atoms with Gasteiger partial charge in [0.1, 0.15) is 5.69 Å². The molecule has 1 heterocycles. The van der Waals surface area contributed by atoms with Crippen LogP contribution < -0.4 is 0 Å². The number of pyridine rings is 1. The molecule has 1 aromatic rings. The lowest BCUT2D eigenvalue weighted by molar-refractivity contribution is -0.387. The molecule has 7 heteroatoms. The van der Waals surface area contributed by atoms with Gasteiger partial charge in [0.2, 0.25) is 0 Å². The fraction of sp³-hybridized carbons (Fsp3) is 0.286. The van der Waals surface area contributed by atoms with Crippen LogP contribution in [0.3, 0.4) is 0 Å². The van der Waals surface area contributed by atoms with Gasteiger partial charge in [0.05, 0.1) is 15.8 Å². The molecule has 0 fully saturated rings. The van der Waals surface area contributed by atoms with E-state index >= 15 is 0 Å². The van der Waals surface area contributed by atoms with Crippen molar-refractivity contribution in [1.29, 1.82) is 0 Å². The molecule has 0 N–H and O–H groups in total. The molecule has 1 rings (SSSR count). The van der Waals surface area contributed by atoms with E-state index in [0.29, 0.717) is 0 Å². The minimum atomic E-state index is -2.86. The number of alkyl halides is 3. The fourth-order valence-corrected chi connectivity index (χ4v) is 1.41. The summed E-state index contributed by atoms with van der Waals surface area (Å²) in [4.78, 5) is 13.3. The molecular formula is C7H5BrF2N2O2. The fourth-order valence-electron chi connectivity index (χ4n) is 0.999. The Kier molecular flexibility index (Phi) is 3.45. The lowest BCUT2D eigenvalue weighted by atomic mass is 10.2. The van der Waals surface area contributed by atoms with E-state index in [4.69, 9.17) is 0 Å². The van der Waals surface area contributed by atoms with Crippen LogP contribution in [0.1, 0.15) is 17.7 Å². The first-order valence-corrected chi connectivity index (χ1v) is 4.66. The quantitative estimate of drug-likeness (QED) is 0.480. The Morgan fingerprint density at radius 2 is 2.29 bits per heavy atom. The number of hydrogen-bond donors (Lipinski definition) is 0. The molecule has 0 amide bonds. The zero-order valence-corrected chi connectivity index (χ0v) is 8.37. The second-order valence-corrected chi connectivity index (χ2v) is 2.95. The number of nitrogens with zero attached hydrogens (tertiary/aromatic N) is 2. The molecule has 0 bridgehead atoms. The van der Waals surface area contributed by atoms with E-state index in [1.165, 1.54) is 0 Å². The van der Waals surface area contributed by atoms with Crippen molar-refractivity contribution in [2.75, 3.05) is 0 Å². The number of aromatic nitrogens is 1. The largest absolute Gasteiger partial charge is 0.300 e. The van der Waals surface area contributed by atoms with Gasteiger partial charge in [0.15, 0.2) is 0 Å². The first-order chi connectivity index (χ1) is 6.57. The first-order valence-electron chi connectivity index (χ1n) is 3.54. The number of nitro groups is 1. The molecule has 0 unspecified atom stereocenters. The summed E-state index contributed by atoms with van der Waals surface area (Å²) in [6.45, 7) is 0. The van der Waals surface area contributed by atoms with Crippen LogP contribution in [0.4, 0.5) is 14.5 Å². The van der Waals surface area contributed by atoms with E-state index < -0.39 is 22.6 Å². The Hall–Kier alpha value is -1.11. The molecule has 14 heavy (non-hydrogen) atoms. The third-order valence-corrected chi connectivity index (χ3v) is 2.11. The summed E-state index contributed by atoms with van der Waals surface area (Å²) in [5.74, 6) is 0. The van der Waals surface area contributed by atoms with Crippen molar-refractivity contribution in [3.63, 3.8) is 0 Å². The van der Waals surface area contributed by atoms with Gasteiger partial charge in [-0.15, -0.1) is 0 Å². The van der Waals surface area contributed by atoms with Gasteiger partial charge >= 0.3 is 0 Å². The van der Waals surface area contributed by atoms with Gasteiger partial charge in [0, 0.05) is 6.20 Å². The van der Waals surface area contributed by atoms with Gasteiger partial charge in [-0.2, -0.15) is 0 Å². The Bertz CT molecular complexity index is 360. The van der Waals surface area contributed by atoms with Crippen LogP contribution in [0.2, 0.25) is 0 Å². The lowest BCUT2D eigenvalue weighted by Gasteiger charge is -2.03. The highest BCUT2D eigenvalue weighted by atomic mass is 79.9. The van der Waals surface area contributed by atoms with Crippen molar-refractivity contribution < 1.29 is 13.7 Å². The van der Waals surface area contributed by atoms with Gasteiger partial charge < -0.3 is 0 Å². The molecule has 0 aliphatic rings. The molecule has 0 saturated heterocycles. The van der Waals surface area contributed by atoms with Crippen molar-refractivity contribution in [3.8, 4) is 0 Å². The zero-order chi connectivity index (χ0) is 10.7. The van der Waals surface area contributed by atoms with Crippen LogP contribution in [0.5, 0.6) is 0 Å². The summed E-state index contributed by atoms with van der Waals surface area (Å²) in [6, 6.07) is 0.953. The van der Waals surface area contributed by atoms with Gasteiger partial charge in [-0.25, -0.2) is 8.78 Å². The summed E-state index contributed by atoms with van der Waals surface area (Å²) in [6.07, 6.45) is -1.73. The molecule has 0 aliphatic heterocycles. The van der Waals surface area contributed by atoms with Crippen molar-refractivity contribution in [1.82, 2.24) is 4.98 Å². The van der Waals surface area contributed by atoms with Gasteiger partial charge in [-0.05, 0) is 6.07 Å². The molecule has 0 atom stereocenters. The average molecular weight is 267 g/mol. The van der Waals surface area contributed by atoms with Gasteiger partial charge in [-0.3, -0.25) is 15.1 Å². The minimum Gasteiger partial charge on any atom is -0.258 e. The minimum absolute atomic E-state index is 0.00722. The smallest absolute Gasteiger partial charge is 0.258 e. The van der Waals surface area contributed by atoms with Crippen molar-refractivity contribution in [2.45, 2.75) is 11.8 Å². The van der Waals surface area contributed by atoms with Crippen LogP contribution in [0.25, 0.3) is 0 Å². The van der Waals surface area contributed by atoms with E-state index in [0.717, 1.165) is 12.3 Å². The molecule has 0 aliphatic carbocycles. The highest BCUT2D eigenvalue weighted by Gasteiger charge is 2.25. The zero-order valence-electron chi connectivity index (χ0n) is 6.78. The Morgan fingerprint density at radius 1 is 1.64 bits per heavy atom. The summed E-state index contributed by atoms with van der Waals surface area (Å²) in [5, 5.41) is 10.6. The summed E-state index contributed by atoms with van der Waals surface area (Å²) in [7, 11) is 0. The SMILES string of the molecule is O=[N+]([O-])c1c(C(F)F)ccnc1CBr. The van der Waals surface area contributed by atoms with Crippen molar-refractivity contribution in [2.24, 2.45) is 0 Å². The standard InChI is InChI=1S/C7H5BrF2N2O2/c8-3-5-6(12(13)14)4(7(9)10)1-2-11-5/h1-2,7H,3H2. The topological polar surface area (TPSA) is 56.0 Å². The molecule has 4 nitrogen and oxygen atoms in total. The molecule has 0 spiro atoms. The van der Waals surface area contributed by atoms with Crippen LogP contribution in [-0.4, -0.2) is 9.91 Å². The van der Waals surface area contributed by atoms with E-state index in [1.807, 2.05) is 0 Å². The van der Waals surface area contributed by atoms with Gasteiger partial charge in [-0.1, -0.05) is 15.9 Å². The maximum atomic E-state index is 12.4. The van der Waals surface area contributed by atoms with E-state index in [2.05, 4.69) is 20.9 Å². The number of rotatable bonds is 3. The van der Waals surface area contributed by atoms with Crippen LogP contribution in [0, 0.1) is 10.1 Å². The highest BCUT2D eigenvalue weighted by Crippen LogP contribution is 2.31. The highest BCUT2D eigenvalue weighted by molar-refractivity contribution is 9.08. The van der Waals surface area contributed by atoms with Crippen LogP contribution in [-0.2, 0) is 5.33 Å². The van der Waals surface area contributed by atoms with E-state index in [9.17, 15) is 18.9 Å². The summed E-state index contributed by atoms with van der Waals surface area (Å²) in [5.41, 5.74) is -1.20. The Balaban J connectivity index is 3.35. The Labute approximate surface area is 86.2 Å². The molecule has 76 valence electrons. The van der Waals surface area contributed by atoms with Gasteiger partial charge in [0.25, 0.3) is 12.1 Å². The van der Waals surface area contributed by atoms with Crippen LogP contribution in [0.15, 0.2) is 12.3 Å². The van der Waals surface area contributed by atoms with Crippen molar-refractivity contribution >= 4 is 21.6 Å². The first kappa shape index (κ1) is 11.0. The predicted molar refractivity (Wildman–Crippen MR) is 48.5 cm³/mol. The maximum absolute atomic E-state index is 12.4. The van der Waals surface area contributed by atoms with E-state index in [1.54, 1.807) is 0 Å². The summed E-state index contributed by atoms with van der Waals surface area (Å²) >= 11 is 2.95. The van der Waals surface area contributed by atoms with Crippen LogP contribution >= 0.6 is 15.9 Å². The van der Waals surface area contributed by atoms with Crippen molar-refractivity contribution in [3.05, 3.63) is 33.6 Å². The maximum Gasteiger partial charge on any atom is 0.300 e. The summed E-state index contributed by atoms with van der Waals surface area (Å²) < 4.78 is 24.7. The molecule has 0 radical (unpaired) electrons. The third-order valence-electron chi connectivity index (χ3n) is 1.58. The number of halogens is 3.